The Balaban J connectivity index is 2.51. The van der Waals surface area contributed by atoms with Crippen LogP contribution in [0.25, 0.3) is 0 Å². The molecule has 0 bridgehead atoms. The van der Waals surface area contributed by atoms with E-state index in [2.05, 4.69) is 62.5 Å². The normalized spacial score (nSPS) is 19.8. The molecule has 0 aromatic carbocycles. The van der Waals surface area contributed by atoms with Gasteiger partial charge >= 0.3 is 19.8 Å². The van der Waals surface area contributed by atoms with Gasteiger partial charge in [-0.15, -0.1) is 0 Å². The number of hydrogen-bond acceptors (Lipinski definition) is 10. The highest BCUT2D eigenvalue weighted by Crippen LogP contribution is 2.43. The number of carbonyl (C=O) groups is 3. The van der Waals surface area contributed by atoms with Crippen molar-refractivity contribution in [2.75, 3.05) is 47.5 Å². The fourth-order valence-corrected chi connectivity index (χ4v) is 7.17. The summed E-state index contributed by atoms with van der Waals surface area (Å²) in [5.41, 5.74) is 0. The van der Waals surface area contributed by atoms with Crippen molar-refractivity contribution in [3.05, 3.63) is 60.8 Å². The Hall–Kier alpha value is -2.70. The van der Waals surface area contributed by atoms with Gasteiger partial charge in [0.05, 0.1) is 40.0 Å². The first-order valence-electron chi connectivity index (χ1n) is 22.1. The minimum atomic E-state index is -4.45. The standard InChI is InChI=1S/C46H78NO11P/c1-6-8-10-11-12-13-14-15-16-17-18-19-20-21-27-31-46(52)58-40(38-57-59(53,54)56-35-34-47(3,4)5)37-55-45(51)30-26-23-22-25-29-41-42(44(50)36-43(41)49)33-32-39(48)28-24-9-7-2/h8,10,12-13,15-16,18-19,32-33,39-42,44,48,50H,6-7,9,11,14,17,20-31,34-38H2,1-5H3/p+1/b10-8-,13-12-,16-15-,19-18-,33-32+/t39-,40+,41+,42+,44+/m0/s1. The molecular formula is C46H79NO11P+. The van der Waals surface area contributed by atoms with E-state index in [0.717, 1.165) is 77.0 Å². The summed E-state index contributed by atoms with van der Waals surface area (Å²) in [6.45, 7) is 3.86. The van der Waals surface area contributed by atoms with E-state index in [1.165, 1.54) is 0 Å². The first-order chi connectivity index (χ1) is 28.2. The molecule has 0 spiro atoms. The van der Waals surface area contributed by atoms with Crippen molar-refractivity contribution in [2.24, 2.45) is 11.8 Å². The first-order valence-corrected chi connectivity index (χ1v) is 23.6. The van der Waals surface area contributed by atoms with Crippen LogP contribution >= 0.6 is 7.82 Å². The fourth-order valence-electron chi connectivity index (χ4n) is 6.43. The van der Waals surface area contributed by atoms with Crippen LogP contribution in [0.2, 0.25) is 0 Å². The van der Waals surface area contributed by atoms with Gasteiger partial charge in [0, 0.05) is 31.1 Å². The summed E-state index contributed by atoms with van der Waals surface area (Å²) < 4.78 is 34.2. The molecule has 59 heavy (non-hydrogen) atoms. The van der Waals surface area contributed by atoms with Gasteiger partial charge in [-0.25, -0.2) is 4.57 Å². The van der Waals surface area contributed by atoms with Crippen molar-refractivity contribution in [3.63, 3.8) is 0 Å². The maximum absolute atomic E-state index is 12.7. The summed E-state index contributed by atoms with van der Waals surface area (Å²) in [5, 5.41) is 20.7. The predicted octanol–water partition coefficient (Wildman–Crippen LogP) is 9.05. The van der Waals surface area contributed by atoms with Gasteiger partial charge in [0.25, 0.3) is 0 Å². The Morgan fingerprint density at radius 3 is 2.10 bits per heavy atom. The van der Waals surface area contributed by atoms with E-state index in [0.29, 0.717) is 36.7 Å². The SMILES string of the molecule is CC/C=C\C/C=C\C/C=C\C/C=C\CCCCC(=O)O[C@H](COC(=O)CCCCCC[C@H]1C(=O)C[C@@H](O)[C@@H]1/C=C/[C@@H](O)CCCCC)COP(=O)(O)OCC[N+](C)(C)C. The predicted molar refractivity (Wildman–Crippen MR) is 234 cm³/mol. The quantitative estimate of drug-likeness (QED) is 0.0183. The molecule has 12 nitrogen and oxygen atoms in total. The van der Waals surface area contributed by atoms with Gasteiger partial charge in [0.15, 0.2) is 6.10 Å². The molecule has 1 aliphatic carbocycles. The van der Waals surface area contributed by atoms with E-state index in [9.17, 15) is 34.1 Å². The average molecular weight is 853 g/mol. The lowest BCUT2D eigenvalue weighted by Gasteiger charge is -2.24. The first kappa shape index (κ1) is 54.3. The zero-order valence-corrected chi connectivity index (χ0v) is 37.8. The molecule has 0 aromatic rings. The van der Waals surface area contributed by atoms with Crippen LogP contribution in [0.4, 0.5) is 0 Å². The van der Waals surface area contributed by atoms with Crippen molar-refractivity contribution in [1.29, 1.82) is 0 Å². The largest absolute Gasteiger partial charge is 0.472 e. The molecule has 6 atom stereocenters. The number of Topliss-reactive ketones (excluding diaryl/α,β-unsaturated/α-hetero) is 1. The Bertz CT molecular complexity index is 1350. The van der Waals surface area contributed by atoms with E-state index < -0.39 is 44.7 Å². The Morgan fingerprint density at radius 2 is 1.44 bits per heavy atom. The number of aliphatic hydroxyl groups excluding tert-OH is 2. The summed E-state index contributed by atoms with van der Waals surface area (Å²) in [6, 6.07) is 0. The second-order valence-electron chi connectivity index (χ2n) is 16.5. The average Bonchev–Trinajstić information content (AvgIpc) is 3.44. The van der Waals surface area contributed by atoms with Gasteiger partial charge in [0.2, 0.25) is 0 Å². The van der Waals surface area contributed by atoms with E-state index in [4.69, 9.17) is 18.5 Å². The number of unbranched alkanes of at least 4 members (excludes halogenated alkanes) is 7. The smallest absolute Gasteiger partial charge is 0.462 e. The third-order valence-corrected chi connectivity index (χ3v) is 10.9. The van der Waals surface area contributed by atoms with Gasteiger partial charge in [-0.1, -0.05) is 113 Å². The van der Waals surface area contributed by atoms with Crippen LogP contribution < -0.4 is 0 Å². The molecule has 3 N–H and O–H groups in total. The molecule has 0 heterocycles. The van der Waals surface area contributed by atoms with Gasteiger partial charge in [-0.2, -0.15) is 0 Å². The number of rotatable bonds is 35. The number of ketones is 1. The second-order valence-corrected chi connectivity index (χ2v) is 17.9. The molecule has 0 amide bonds. The molecule has 0 radical (unpaired) electrons. The molecule has 1 rings (SSSR count). The van der Waals surface area contributed by atoms with Crippen LogP contribution in [0.1, 0.15) is 136 Å². The van der Waals surface area contributed by atoms with Crippen LogP contribution in [-0.2, 0) is 37.5 Å². The Kier molecular flexibility index (Phi) is 30.4. The fraction of sp³-hybridized carbons (Fsp3) is 0.717. The van der Waals surface area contributed by atoms with Gasteiger partial charge in [-0.05, 0) is 64.2 Å². The number of allylic oxidation sites excluding steroid dienone is 8. The number of hydrogen-bond donors (Lipinski definition) is 3. The van der Waals surface area contributed by atoms with Crippen molar-refractivity contribution in [3.8, 4) is 0 Å². The monoisotopic (exact) mass is 853 g/mol. The lowest BCUT2D eigenvalue weighted by atomic mass is 9.88. The lowest BCUT2D eigenvalue weighted by Crippen LogP contribution is -2.37. The van der Waals surface area contributed by atoms with Gasteiger partial charge in [0.1, 0.15) is 25.5 Å². The van der Waals surface area contributed by atoms with Crippen molar-refractivity contribution >= 4 is 25.5 Å². The van der Waals surface area contributed by atoms with E-state index in [-0.39, 0.29) is 50.1 Å². The molecule has 1 saturated carbocycles. The number of likely N-dealkylation sites (N-methyl/N-ethyl adjacent to an activating group) is 1. The van der Waals surface area contributed by atoms with E-state index in [1.54, 1.807) is 6.08 Å². The van der Waals surface area contributed by atoms with Crippen LogP contribution in [-0.4, -0.2) is 103 Å². The van der Waals surface area contributed by atoms with E-state index >= 15 is 0 Å². The minimum absolute atomic E-state index is 0.0180. The Morgan fingerprint density at radius 1 is 0.814 bits per heavy atom. The zero-order chi connectivity index (χ0) is 43.8. The summed E-state index contributed by atoms with van der Waals surface area (Å²) >= 11 is 0. The highest BCUT2D eigenvalue weighted by Gasteiger charge is 2.39. The second kappa shape index (κ2) is 33.0. The van der Waals surface area contributed by atoms with Crippen LogP contribution in [0.3, 0.4) is 0 Å². The summed E-state index contributed by atoms with van der Waals surface area (Å²) in [4.78, 5) is 48.1. The third kappa shape index (κ3) is 30.1. The molecule has 0 aromatic heterocycles. The number of ether oxygens (including phenoxy) is 2. The number of carbonyl (C=O) groups excluding carboxylic acids is 3. The minimum Gasteiger partial charge on any atom is -0.462 e. The highest BCUT2D eigenvalue weighted by atomic mass is 31.2. The Labute approximate surface area is 356 Å². The van der Waals surface area contributed by atoms with Crippen molar-refractivity contribution < 1.29 is 57.1 Å². The van der Waals surface area contributed by atoms with Gasteiger partial charge < -0.3 is 29.1 Å². The zero-order valence-electron chi connectivity index (χ0n) is 36.9. The number of quaternary nitrogens is 1. The number of nitrogens with zero attached hydrogens (tertiary/aromatic N) is 1. The van der Waals surface area contributed by atoms with Crippen LogP contribution in [0.15, 0.2) is 60.8 Å². The number of esters is 2. The van der Waals surface area contributed by atoms with Crippen molar-refractivity contribution in [1.82, 2.24) is 0 Å². The van der Waals surface area contributed by atoms with Crippen molar-refractivity contribution in [2.45, 2.75) is 154 Å². The number of aliphatic hydroxyl groups is 2. The molecular weight excluding hydrogens is 773 g/mol. The highest BCUT2D eigenvalue weighted by molar-refractivity contribution is 7.47. The van der Waals surface area contributed by atoms with Crippen LogP contribution in [0, 0.1) is 11.8 Å². The lowest BCUT2D eigenvalue weighted by molar-refractivity contribution is -0.870. The summed E-state index contributed by atoms with van der Waals surface area (Å²) in [5.74, 6) is -1.54. The number of phosphoric ester groups is 1. The maximum atomic E-state index is 12.7. The topological polar surface area (TPSA) is 166 Å². The third-order valence-electron chi connectivity index (χ3n) is 9.93. The summed E-state index contributed by atoms with van der Waals surface area (Å²) in [7, 11) is 1.31. The molecule has 338 valence electrons. The van der Waals surface area contributed by atoms with Crippen LogP contribution in [0.5, 0.6) is 0 Å². The molecule has 1 unspecified atom stereocenters. The number of phosphoric acid groups is 1. The summed E-state index contributed by atoms with van der Waals surface area (Å²) in [6.07, 6.45) is 31.8. The van der Waals surface area contributed by atoms with Gasteiger partial charge in [-0.3, -0.25) is 23.4 Å². The molecule has 1 fully saturated rings. The molecule has 0 saturated heterocycles. The molecule has 0 aliphatic heterocycles. The molecule has 1 aliphatic rings. The van der Waals surface area contributed by atoms with E-state index in [1.807, 2.05) is 27.2 Å². The molecule has 13 heteroatoms. The maximum Gasteiger partial charge on any atom is 0.472 e.